The summed E-state index contributed by atoms with van der Waals surface area (Å²) in [5.41, 5.74) is -1.39. The van der Waals surface area contributed by atoms with Gasteiger partial charge in [-0.1, -0.05) is 30.3 Å². The molecular formula is C15H12F3NO4S. The molecule has 1 unspecified atom stereocenters. The Kier molecular flexibility index (Phi) is 4.83. The van der Waals surface area contributed by atoms with Crippen LogP contribution < -0.4 is 5.32 Å². The molecule has 0 spiro atoms. The summed E-state index contributed by atoms with van der Waals surface area (Å²) < 4.78 is 63.7. The van der Waals surface area contributed by atoms with E-state index in [4.69, 9.17) is 5.11 Å². The average Bonchev–Trinajstić information content (AvgIpc) is 2.52. The van der Waals surface area contributed by atoms with Gasteiger partial charge in [-0.15, -0.1) is 0 Å². The van der Waals surface area contributed by atoms with Crippen LogP contribution in [0.25, 0.3) is 0 Å². The molecular weight excluding hydrogens is 347 g/mol. The summed E-state index contributed by atoms with van der Waals surface area (Å²) in [4.78, 5) is 10.7. The predicted molar refractivity (Wildman–Crippen MR) is 79.0 cm³/mol. The van der Waals surface area contributed by atoms with Gasteiger partial charge in [-0.2, -0.15) is 13.2 Å². The molecule has 2 aromatic rings. The lowest BCUT2D eigenvalue weighted by atomic mass is 10.1. The molecule has 0 aliphatic carbocycles. The third-order valence-electron chi connectivity index (χ3n) is 3.15. The number of rotatable bonds is 4. The van der Waals surface area contributed by atoms with Crippen molar-refractivity contribution in [2.24, 2.45) is 0 Å². The third kappa shape index (κ3) is 3.85. The smallest absolute Gasteiger partial charge is 0.416 e. The van der Waals surface area contributed by atoms with Gasteiger partial charge in [-0.25, -0.2) is 13.2 Å². The number of hydrogen-bond acceptors (Lipinski definition) is 3. The van der Waals surface area contributed by atoms with Crippen molar-refractivity contribution in [3.8, 4) is 0 Å². The van der Waals surface area contributed by atoms with Gasteiger partial charge in [-0.05, 0) is 29.8 Å². The van der Waals surface area contributed by atoms with E-state index in [-0.39, 0.29) is 10.5 Å². The molecule has 0 aliphatic rings. The Labute approximate surface area is 135 Å². The van der Waals surface area contributed by atoms with Crippen LogP contribution in [0, 0.1) is 0 Å². The van der Waals surface area contributed by atoms with Crippen molar-refractivity contribution >= 4 is 15.9 Å². The van der Waals surface area contributed by atoms with Crippen LogP contribution in [-0.4, -0.2) is 19.6 Å². The van der Waals surface area contributed by atoms with Crippen LogP contribution in [0.15, 0.2) is 59.5 Å². The highest BCUT2D eigenvalue weighted by molar-refractivity contribution is 7.91. The summed E-state index contributed by atoms with van der Waals surface area (Å²) in [6.07, 6.45) is -6.35. The lowest BCUT2D eigenvalue weighted by Crippen LogP contribution is -2.33. The first kappa shape index (κ1) is 17.8. The van der Waals surface area contributed by atoms with E-state index in [9.17, 15) is 26.4 Å². The molecule has 0 radical (unpaired) electrons. The standard InChI is InChI=1S/C15H12F3NO4S/c16-15(17,18)11-6-4-5-10(9-11)13(19-14(20)21)24(22,23)12-7-2-1-3-8-12/h1-9,13,19H,(H,20,21). The van der Waals surface area contributed by atoms with Gasteiger partial charge in [0.2, 0.25) is 9.84 Å². The summed E-state index contributed by atoms with van der Waals surface area (Å²) in [7, 11) is -4.27. The Morgan fingerprint density at radius 2 is 1.67 bits per heavy atom. The largest absolute Gasteiger partial charge is 0.465 e. The molecule has 2 aromatic carbocycles. The average molecular weight is 359 g/mol. The van der Waals surface area contributed by atoms with Gasteiger partial charge in [0, 0.05) is 0 Å². The van der Waals surface area contributed by atoms with Gasteiger partial charge in [0.25, 0.3) is 0 Å². The minimum Gasteiger partial charge on any atom is -0.465 e. The molecule has 0 fully saturated rings. The number of halogens is 3. The summed E-state index contributed by atoms with van der Waals surface area (Å²) in [6.45, 7) is 0. The van der Waals surface area contributed by atoms with Gasteiger partial charge in [-0.3, -0.25) is 0 Å². The Morgan fingerprint density at radius 1 is 1.04 bits per heavy atom. The molecule has 0 aromatic heterocycles. The Bertz CT molecular complexity index is 835. The van der Waals surface area contributed by atoms with Crippen LogP contribution in [0.2, 0.25) is 0 Å². The fourth-order valence-electron chi connectivity index (χ4n) is 2.08. The second-order valence-electron chi connectivity index (χ2n) is 4.81. The minimum absolute atomic E-state index is 0.207. The van der Waals surface area contributed by atoms with Gasteiger partial charge in [0.05, 0.1) is 10.5 Å². The van der Waals surface area contributed by atoms with E-state index in [1.165, 1.54) is 24.3 Å². The van der Waals surface area contributed by atoms with Crippen LogP contribution >= 0.6 is 0 Å². The van der Waals surface area contributed by atoms with Crippen LogP contribution in [0.5, 0.6) is 0 Å². The molecule has 24 heavy (non-hydrogen) atoms. The van der Waals surface area contributed by atoms with Crippen molar-refractivity contribution in [3.63, 3.8) is 0 Å². The van der Waals surface area contributed by atoms with Crippen LogP contribution in [0.1, 0.15) is 16.5 Å². The highest BCUT2D eigenvalue weighted by Gasteiger charge is 2.34. The second-order valence-corrected chi connectivity index (χ2v) is 6.84. The fourth-order valence-corrected chi connectivity index (χ4v) is 3.65. The second kappa shape index (κ2) is 6.52. The van der Waals surface area contributed by atoms with E-state index < -0.39 is 33.0 Å². The fraction of sp³-hybridized carbons (Fsp3) is 0.133. The maximum atomic E-state index is 12.8. The molecule has 0 heterocycles. The lowest BCUT2D eigenvalue weighted by molar-refractivity contribution is -0.137. The van der Waals surface area contributed by atoms with Crippen molar-refractivity contribution in [2.45, 2.75) is 16.4 Å². The summed E-state index contributed by atoms with van der Waals surface area (Å²) in [5, 5.41) is 8.80. The molecule has 1 amide bonds. The molecule has 2 rings (SSSR count). The van der Waals surface area contributed by atoms with E-state index in [0.717, 1.165) is 18.2 Å². The highest BCUT2D eigenvalue weighted by atomic mass is 32.2. The first-order chi connectivity index (χ1) is 11.1. The van der Waals surface area contributed by atoms with Gasteiger partial charge >= 0.3 is 12.3 Å². The van der Waals surface area contributed by atoms with Gasteiger partial charge in [0.15, 0.2) is 5.37 Å². The predicted octanol–water partition coefficient (Wildman–Crippen LogP) is 3.45. The summed E-state index contributed by atoms with van der Waals surface area (Å²) >= 11 is 0. The molecule has 0 aliphatic heterocycles. The molecule has 128 valence electrons. The number of benzene rings is 2. The van der Waals surface area contributed by atoms with Crippen molar-refractivity contribution in [3.05, 3.63) is 65.7 Å². The first-order valence-corrected chi connectivity index (χ1v) is 8.12. The van der Waals surface area contributed by atoms with E-state index in [1.54, 1.807) is 11.4 Å². The molecule has 0 saturated heterocycles. The Hall–Kier alpha value is -2.55. The third-order valence-corrected chi connectivity index (χ3v) is 5.09. The van der Waals surface area contributed by atoms with E-state index in [2.05, 4.69) is 0 Å². The number of amides is 1. The van der Waals surface area contributed by atoms with Crippen LogP contribution in [-0.2, 0) is 16.0 Å². The summed E-state index contributed by atoms with van der Waals surface area (Å²) in [5.74, 6) is 0. The normalized spacial score (nSPS) is 13.3. The van der Waals surface area contributed by atoms with Crippen molar-refractivity contribution < 1.29 is 31.5 Å². The maximum absolute atomic E-state index is 12.8. The number of carboxylic acid groups (broad SMARTS) is 1. The zero-order chi connectivity index (χ0) is 18.0. The lowest BCUT2D eigenvalue weighted by Gasteiger charge is -2.19. The molecule has 0 bridgehead atoms. The van der Waals surface area contributed by atoms with Crippen molar-refractivity contribution in [1.82, 2.24) is 5.32 Å². The van der Waals surface area contributed by atoms with E-state index in [1.807, 2.05) is 0 Å². The van der Waals surface area contributed by atoms with Gasteiger partial charge in [0.1, 0.15) is 0 Å². The SMILES string of the molecule is O=C(O)NC(c1cccc(C(F)(F)F)c1)S(=O)(=O)c1ccccc1. The number of nitrogens with one attached hydrogen (secondary N) is 1. The molecule has 9 heteroatoms. The quantitative estimate of drug-likeness (QED) is 0.876. The zero-order valence-electron chi connectivity index (χ0n) is 12.0. The first-order valence-electron chi connectivity index (χ1n) is 6.58. The number of carbonyl (C=O) groups is 1. The maximum Gasteiger partial charge on any atom is 0.416 e. The molecule has 0 saturated carbocycles. The zero-order valence-corrected chi connectivity index (χ0v) is 12.8. The van der Waals surface area contributed by atoms with E-state index >= 15 is 0 Å². The highest BCUT2D eigenvalue weighted by Crippen LogP contribution is 2.33. The Morgan fingerprint density at radius 3 is 2.21 bits per heavy atom. The van der Waals surface area contributed by atoms with E-state index in [0.29, 0.717) is 6.07 Å². The number of alkyl halides is 3. The molecule has 1 atom stereocenters. The number of hydrogen-bond donors (Lipinski definition) is 2. The van der Waals surface area contributed by atoms with Crippen molar-refractivity contribution in [2.75, 3.05) is 0 Å². The summed E-state index contributed by atoms with van der Waals surface area (Å²) in [6, 6.07) is 10.4. The van der Waals surface area contributed by atoms with Crippen LogP contribution in [0.3, 0.4) is 0 Å². The number of sulfone groups is 1. The van der Waals surface area contributed by atoms with Gasteiger partial charge < -0.3 is 10.4 Å². The van der Waals surface area contributed by atoms with Crippen LogP contribution in [0.4, 0.5) is 18.0 Å². The molecule has 5 nitrogen and oxygen atoms in total. The Balaban J connectivity index is 2.57. The minimum atomic E-state index is -4.68. The monoisotopic (exact) mass is 359 g/mol. The topological polar surface area (TPSA) is 83.5 Å². The molecule has 2 N–H and O–H groups in total. The van der Waals surface area contributed by atoms with Crippen molar-refractivity contribution in [1.29, 1.82) is 0 Å².